The fourth-order valence-corrected chi connectivity index (χ4v) is 3.70. The van der Waals surface area contributed by atoms with Crippen molar-refractivity contribution in [2.45, 2.75) is 15.9 Å². The number of anilines is 2. The Morgan fingerprint density at radius 3 is 2.18 bits per heavy atom. The zero-order chi connectivity index (χ0) is 15.4. The topological polar surface area (TPSA) is 55.7 Å². The van der Waals surface area contributed by atoms with Crippen molar-refractivity contribution in [1.82, 2.24) is 5.32 Å². The van der Waals surface area contributed by atoms with E-state index in [1.165, 1.54) is 9.79 Å². The van der Waals surface area contributed by atoms with Crippen LogP contribution in [0, 0.1) is 0 Å². The molecular formula is C17H20N2O2S. The number of hydrogen-bond acceptors (Lipinski definition) is 5. The number of β-amino-alcohol motifs (C(OH)–C–C–N with tert-alkyl or cyclic N) is 1. The number of nitrogens with zero attached hydrogens (tertiary/aromatic N) is 1. The summed E-state index contributed by atoms with van der Waals surface area (Å²) in [6.45, 7) is 1.57. The summed E-state index contributed by atoms with van der Waals surface area (Å²) in [6, 6.07) is 16.5. The van der Waals surface area contributed by atoms with Crippen molar-refractivity contribution in [2.24, 2.45) is 0 Å². The van der Waals surface area contributed by atoms with Gasteiger partial charge in [0.2, 0.25) is 0 Å². The molecule has 4 nitrogen and oxygen atoms in total. The molecule has 1 aliphatic heterocycles. The Kier molecular flexibility index (Phi) is 5.00. The Balaban J connectivity index is 1.83. The van der Waals surface area contributed by atoms with Crippen molar-refractivity contribution in [3.05, 3.63) is 48.5 Å². The largest absolute Gasteiger partial charge is 0.395 e. The molecule has 0 fully saturated rings. The molecule has 0 bridgehead atoms. The Morgan fingerprint density at radius 2 is 1.59 bits per heavy atom. The van der Waals surface area contributed by atoms with Crippen molar-refractivity contribution in [1.29, 1.82) is 0 Å². The van der Waals surface area contributed by atoms with Crippen LogP contribution in [0.4, 0.5) is 11.4 Å². The number of aliphatic hydroxyl groups excluding tert-OH is 2. The number of benzene rings is 2. The van der Waals surface area contributed by atoms with E-state index in [1.807, 2.05) is 24.3 Å². The van der Waals surface area contributed by atoms with Crippen molar-refractivity contribution in [3.63, 3.8) is 0 Å². The van der Waals surface area contributed by atoms with E-state index in [-0.39, 0.29) is 6.61 Å². The molecule has 3 N–H and O–H groups in total. The van der Waals surface area contributed by atoms with Gasteiger partial charge < -0.3 is 20.4 Å². The first-order valence-electron chi connectivity index (χ1n) is 7.42. The van der Waals surface area contributed by atoms with Gasteiger partial charge >= 0.3 is 0 Å². The average molecular weight is 316 g/mol. The molecule has 0 spiro atoms. The first-order chi connectivity index (χ1) is 10.8. The summed E-state index contributed by atoms with van der Waals surface area (Å²) >= 11 is 1.76. The van der Waals surface area contributed by atoms with E-state index < -0.39 is 6.10 Å². The highest BCUT2D eigenvalue weighted by molar-refractivity contribution is 7.99. The van der Waals surface area contributed by atoms with Gasteiger partial charge in [0.25, 0.3) is 0 Å². The molecule has 22 heavy (non-hydrogen) atoms. The summed E-state index contributed by atoms with van der Waals surface area (Å²) in [5.41, 5.74) is 2.26. The van der Waals surface area contributed by atoms with Gasteiger partial charge in [0.15, 0.2) is 0 Å². The first-order valence-corrected chi connectivity index (χ1v) is 8.24. The van der Waals surface area contributed by atoms with E-state index in [4.69, 9.17) is 5.11 Å². The smallest absolute Gasteiger partial charge is 0.0843 e. The quantitative estimate of drug-likeness (QED) is 0.714. The second kappa shape index (κ2) is 7.15. The van der Waals surface area contributed by atoms with Crippen LogP contribution in [0.25, 0.3) is 0 Å². The van der Waals surface area contributed by atoms with Crippen molar-refractivity contribution >= 4 is 23.1 Å². The number of fused-ring (bicyclic) bond motifs is 2. The average Bonchev–Trinajstić information content (AvgIpc) is 2.55. The summed E-state index contributed by atoms with van der Waals surface area (Å²) in [5.74, 6) is 0. The van der Waals surface area contributed by atoms with Gasteiger partial charge in [-0.2, -0.15) is 0 Å². The normalized spacial score (nSPS) is 14.4. The third-order valence-corrected chi connectivity index (χ3v) is 4.72. The van der Waals surface area contributed by atoms with Gasteiger partial charge in [-0.1, -0.05) is 36.0 Å². The molecule has 0 aromatic heterocycles. The third-order valence-electron chi connectivity index (χ3n) is 3.59. The van der Waals surface area contributed by atoms with Gasteiger partial charge in [-0.25, -0.2) is 0 Å². The van der Waals surface area contributed by atoms with Crippen LogP contribution >= 0.6 is 11.8 Å². The van der Waals surface area contributed by atoms with Crippen LogP contribution < -0.4 is 10.2 Å². The second-order valence-corrected chi connectivity index (χ2v) is 6.31. The number of rotatable bonds is 6. The Bertz CT molecular complexity index is 590. The Labute approximate surface area is 134 Å². The molecule has 1 atom stereocenters. The van der Waals surface area contributed by atoms with Crippen LogP contribution in [0.2, 0.25) is 0 Å². The van der Waals surface area contributed by atoms with Gasteiger partial charge in [0.05, 0.1) is 30.6 Å². The molecule has 2 aromatic carbocycles. The summed E-state index contributed by atoms with van der Waals surface area (Å²) in [4.78, 5) is 4.58. The number of aliphatic hydroxyl groups is 2. The zero-order valence-corrected chi connectivity index (χ0v) is 13.1. The van der Waals surface area contributed by atoms with Crippen LogP contribution in [0.1, 0.15) is 0 Å². The van der Waals surface area contributed by atoms with E-state index in [1.54, 1.807) is 11.8 Å². The molecule has 2 aromatic rings. The molecular weight excluding hydrogens is 296 g/mol. The minimum atomic E-state index is -0.504. The predicted octanol–water partition coefficient (Wildman–Crippen LogP) is 2.23. The Morgan fingerprint density at radius 1 is 1.00 bits per heavy atom. The third kappa shape index (κ3) is 3.28. The lowest BCUT2D eigenvalue weighted by molar-refractivity contribution is 0.175. The highest BCUT2D eigenvalue weighted by Gasteiger charge is 2.24. The fourth-order valence-electron chi connectivity index (χ4n) is 2.60. The van der Waals surface area contributed by atoms with Gasteiger partial charge in [-0.15, -0.1) is 0 Å². The summed E-state index contributed by atoms with van der Waals surface area (Å²) in [6.07, 6.45) is -0.504. The van der Waals surface area contributed by atoms with Crippen molar-refractivity contribution in [2.75, 3.05) is 31.1 Å². The van der Waals surface area contributed by atoms with E-state index in [0.29, 0.717) is 19.6 Å². The van der Waals surface area contributed by atoms with Crippen LogP contribution in [0.5, 0.6) is 0 Å². The van der Waals surface area contributed by atoms with E-state index >= 15 is 0 Å². The first kappa shape index (κ1) is 15.4. The number of para-hydroxylation sites is 2. The second-order valence-electron chi connectivity index (χ2n) is 5.23. The molecule has 1 aliphatic rings. The van der Waals surface area contributed by atoms with Crippen LogP contribution in [0.15, 0.2) is 58.3 Å². The molecule has 3 rings (SSSR count). The lowest BCUT2D eigenvalue weighted by Crippen LogP contribution is -2.38. The fraction of sp³-hybridized carbons (Fsp3) is 0.294. The summed E-state index contributed by atoms with van der Waals surface area (Å²) < 4.78 is 0. The monoisotopic (exact) mass is 316 g/mol. The number of nitrogens with one attached hydrogen (secondary N) is 1. The summed E-state index contributed by atoms with van der Waals surface area (Å²) in [7, 11) is 0. The molecule has 0 radical (unpaired) electrons. The predicted molar refractivity (Wildman–Crippen MR) is 90.0 cm³/mol. The van der Waals surface area contributed by atoms with Crippen molar-refractivity contribution < 1.29 is 10.2 Å². The maximum Gasteiger partial charge on any atom is 0.0843 e. The van der Waals surface area contributed by atoms with Crippen LogP contribution in [-0.2, 0) is 0 Å². The van der Waals surface area contributed by atoms with E-state index in [2.05, 4.69) is 34.5 Å². The molecule has 116 valence electrons. The van der Waals surface area contributed by atoms with E-state index in [0.717, 1.165) is 11.4 Å². The van der Waals surface area contributed by atoms with Gasteiger partial charge in [-0.05, 0) is 24.3 Å². The summed E-state index contributed by atoms with van der Waals surface area (Å²) in [5, 5.41) is 22.1. The minimum Gasteiger partial charge on any atom is -0.395 e. The SMILES string of the molecule is OCCNC[C@H](O)CN1c2ccccc2Sc2ccccc21. The van der Waals surface area contributed by atoms with Crippen molar-refractivity contribution in [3.8, 4) is 0 Å². The molecule has 0 saturated heterocycles. The maximum absolute atomic E-state index is 10.3. The van der Waals surface area contributed by atoms with E-state index in [9.17, 15) is 5.11 Å². The molecule has 5 heteroatoms. The molecule has 0 aliphatic carbocycles. The zero-order valence-electron chi connectivity index (χ0n) is 12.3. The highest BCUT2D eigenvalue weighted by atomic mass is 32.2. The molecule has 0 saturated carbocycles. The highest BCUT2D eigenvalue weighted by Crippen LogP contribution is 2.47. The maximum atomic E-state index is 10.3. The van der Waals surface area contributed by atoms with Crippen LogP contribution in [-0.4, -0.2) is 42.6 Å². The van der Waals surface area contributed by atoms with Gasteiger partial charge in [-0.3, -0.25) is 0 Å². The Hall–Kier alpha value is -1.53. The molecule has 0 unspecified atom stereocenters. The van der Waals surface area contributed by atoms with Crippen LogP contribution in [0.3, 0.4) is 0 Å². The minimum absolute atomic E-state index is 0.0821. The molecule has 1 heterocycles. The lowest BCUT2D eigenvalue weighted by Gasteiger charge is -2.34. The lowest BCUT2D eigenvalue weighted by atomic mass is 10.2. The van der Waals surface area contributed by atoms with Gasteiger partial charge in [0.1, 0.15) is 0 Å². The van der Waals surface area contributed by atoms with Gasteiger partial charge in [0, 0.05) is 22.9 Å². The number of hydrogen-bond donors (Lipinski definition) is 3. The standard InChI is InChI=1S/C17H20N2O2S/c20-10-9-18-11-13(21)12-19-14-5-1-3-7-16(14)22-17-8-4-2-6-15(17)19/h1-8,13,18,20-21H,9-12H2/t13-/m0/s1. The molecule has 0 amide bonds.